The number of carbonyl (C=O) groups is 1. The number of fused-ring (bicyclic) bond motifs is 1. The van der Waals surface area contributed by atoms with E-state index in [1.54, 1.807) is 25.6 Å². The van der Waals surface area contributed by atoms with Gasteiger partial charge in [-0.05, 0) is 31.2 Å². The molecule has 0 N–H and O–H groups in total. The molecule has 1 aromatic carbocycles. The molecule has 0 unspecified atom stereocenters. The Morgan fingerprint density at radius 1 is 1.26 bits per heavy atom. The van der Waals surface area contributed by atoms with Crippen LogP contribution in [0.25, 0.3) is 11.5 Å². The highest BCUT2D eigenvalue weighted by atomic mass is 16.5. The first-order chi connectivity index (χ1) is 13.1. The van der Waals surface area contributed by atoms with Crippen molar-refractivity contribution in [2.75, 3.05) is 13.7 Å². The molecule has 8 nitrogen and oxygen atoms in total. The van der Waals surface area contributed by atoms with Gasteiger partial charge in [-0.15, -0.1) is 10.2 Å². The van der Waals surface area contributed by atoms with E-state index in [0.29, 0.717) is 18.7 Å². The summed E-state index contributed by atoms with van der Waals surface area (Å²) in [6, 6.07) is 7.22. The van der Waals surface area contributed by atoms with E-state index >= 15 is 0 Å². The first-order valence-corrected chi connectivity index (χ1v) is 8.98. The predicted molar refractivity (Wildman–Crippen MR) is 99.3 cm³/mol. The number of nitrogens with zero attached hydrogens (tertiary/aromatic N) is 6. The number of aromatic nitrogens is 5. The van der Waals surface area contributed by atoms with Crippen LogP contribution in [-0.2, 0) is 26.6 Å². The maximum absolute atomic E-state index is 13.0. The van der Waals surface area contributed by atoms with Gasteiger partial charge in [0.15, 0.2) is 5.82 Å². The van der Waals surface area contributed by atoms with Gasteiger partial charge in [0.25, 0.3) is 5.91 Å². The van der Waals surface area contributed by atoms with Crippen molar-refractivity contribution in [3.05, 3.63) is 47.4 Å². The molecule has 8 heteroatoms. The normalized spacial score (nSPS) is 13.5. The molecule has 0 fully saturated rings. The average molecular weight is 366 g/mol. The van der Waals surface area contributed by atoms with Crippen LogP contribution in [0.4, 0.5) is 0 Å². The van der Waals surface area contributed by atoms with E-state index in [2.05, 4.69) is 15.3 Å². The summed E-state index contributed by atoms with van der Waals surface area (Å²) in [5, 5.41) is 12.9. The largest absolute Gasteiger partial charge is 0.497 e. The number of ether oxygens (including phenoxy) is 1. The van der Waals surface area contributed by atoms with Gasteiger partial charge in [0.05, 0.1) is 13.7 Å². The Labute approximate surface area is 157 Å². The molecule has 0 saturated heterocycles. The minimum absolute atomic E-state index is 0.00932. The number of hydrogen-bond acceptors (Lipinski definition) is 5. The number of methoxy groups -OCH3 is 1. The molecule has 0 aliphatic carbocycles. The lowest BCUT2D eigenvalue weighted by molar-refractivity contribution is 0.0733. The van der Waals surface area contributed by atoms with Crippen LogP contribution in [0.3, 0.4) is 0 Å². The zero-order valence-corrected chi connectivity index (χ0v) is 15.7. The molecule has 4 rings (SSSR count). The van der Waals surface area contributed by atoms with Gasteiger partial charge in [-0.1, -0.05) is 0 Å². The van der Waals surface area contributed by atoms with Crippen molar-refractivity contribution in [1.82, 2.24) is 29.4 Å². The van der Waals surface area contributed by atoms with Crippen LogP contribution < -0.4 is 4.74 Å². The minimum atomic E-state index is 0.00932. The van der Waals surface area contributed by atoms with Crippen LogP contribution in [-0.4, -0.2) is 49.0 Å². The highest BCUT2D eigenvalue weighted by Gasteiger charge is 2.29. The van der Waals surface area contributed by atoms with Gasteiger partial charge in [0.1, 0.15) is 17.8 Å². The van der Waals surface area contributed by atoms with Crippen LogP contribution >= 0.6 is 0 Å². The van der Waals surface area contributed by atoms with Crippen molar-refractivity contribution in [1.29, 1.82) is 0 Å². The summed E-state index contributed by atoms with van der Waals surface area (Å²) in [5.74, 6) is 1.49. The monoisotopic (exact) mass is 366 g/mol. The third-order valence-electron chi connectivity index (χ3n) is 5.03. The number of aryl methyl sites for hydroxylation is 2. The quantitative estimate of drug-likeness (QED) is 0.705. The second-order valence-corrected chi connectivity index (χ2v) is 6.54. The molecule has 0 spiro atoms. The number of benzene rings is 1. The summed E-state index contributed by atoms with van der Waals surface area (Å²) in [6.07, 6.45) is 2.47. The minimum Gasteiger partial charge on any atom is -0.497 e. The summed E-state index contributed by atoms with van der Waals surface area (Å²) < 4.78 is 9.03. The molecular formula is C19H22N6O2. The van der Waals surface area contributed by atoms with E-state index in [1.165, 1.54) is 0 Å². The maximum Gasteiger partial charge on any atom is 0.254 e. The van der Waals surface area contributed by atoms with Crippen LogP contribution in [0.1, 0.15) is 28.5 Å². The zero-order chi connectivity index (χ0) is 19.0. The fraction of sp³-hybridized carbons (Fsp3) is 0.368. The Morgan fingerprint density at radius 2 is 2.04 bits per heavy atom. The summed E-state index contributed by atoms with van der Waals surface area (Å²) >= 11 is 0. The average Bonchev–Trinajstić information content (AvgIpc) is 3.31. The van der Waals surface area contributed by atoms with Crippen LogP contribution in [0.15, 0.2) is 30.6 Å². The molecule has 3 aromatic rings. The van der Waals surface area contributed by atoms with E-state index in [0.717, 1.165) is 41.5 Å². The zero-order valence-electron chi connectivity index (χ0n) is 15.7. The molecule has 0 saturated carbocycles. The Morgan fingerprint density at radius 3 is 2.74 bits per heavy atom. The molecular weight excluding hydrogens is 344 g/mol. The summed E-state index contributed by atoms with van der Waals surface area (Å²) in [4.78, 5) is 14.8. The van der Waals surface area contributed by atoms with Crippen LogP contribution in [0.2, 0.25) is 0 Å². The SMILES string of the molecule is CCn1cnnc1-c1nn(C)c2c1CN(C(=O)c1ccc(OC)cc1)CC2. The van der Waals surface area contributed by atoms with Crippen LogP contribution in [0.5, 0.6) is 5.75 Å². The molecule has 3 heterocycles. The first-order valence-electron chi connectivity index (χ1n) is 8.98. The lowest BCUT2D eigenvalue weighted by Crippen LogP contribution is -2.36. The van der Waals surface area contributed by atoms with Crippen molar-refractivity contribution < 1.29 is 9.53 Å². The number of rotatable bonds is 4. The fourth-order valence-corrected chi connectivity index (χ4v) is 3.53. The fourth-order valence-electron chi connectivity index (χ4n) is 3.53. The van der Waals surface area contributed by atoms with Gasteiger partial charge in [-0.3, -0.25) is 9.48 Å². The lowest BCUT2D eigenvalue weighted by Gasteiger charge is -2.27. The van der Waals surface area contributed by atoms with Crippen molar-refractivity contribution >= 4 is 5.91 Å². The second-order valence-electron chi connectivity index (χ2n) is 6.54. The standard InChI is InChI=1S/C19H22N6O2/c1-4-24-12-20-21-18(24)17-15-11-25(10-9-16(15)23(2)22-17)19(26)13-5-7-14(27-3)8-6-13/h5-8,12H,4,9-11H2,1-3H3. The van der Waals surface area contributed by atoms with Crippen molar-refractivity contribution in [2.24, 2.45) is 7.05 Å². The van der Waals surface area contributed by atoms with Crippen LogP contribution in [0, 0.1) is 0 Å². The van der Waals surface area contributed by atoms with E-state index < -0.39 is 0 Å². The molecule has 140 valence electrons. The molecule has 0 bridgehead atoms. The van der Waals surface area contributed by atoms with E-state index in [-0.39, 0.29) is 5.91 Å². The van der Waals surface area contributed by atoms with Crippen molar-refractivity contribution in [2.45, 2.75) is 26.4 Å². The molecule has 1 amide bonds. The molecule has 27 heavy (non-hydrogen) atoms. The number of hydrogen-bond donors (Lipinski definition) is 0. The highest BCUT2D eigenvalue weighted by Crippen LogP contribution is 2.29. The summed E-state index contributed by atoms with van der Waals surface area (Å²) in [7, 11) is 3.55. The second kappa shape index (κ2) is 6.86. The maximum atomic E-state index is 13.0. The Balaban J connectivity index is 1.65. The highest BCUT2D eigenvalue weighted by molar-refractivity contribution is 5.94. The number of amides is 1. The van der Waals surface area contributed by atoms with Crippen molar-refractivity contribution in [3.8, 4) is 17.3 Å². The molecule has 1 aliphatic heterocycles. The van der Waals surface area contributed by atoms with Gasteiger partial charge in [0.2, 0.25) is 0 Å². The molecule has 0 radical (unpaired) electrons. The lowest BCUT2D eigenvalue weighted by atomic mass is 10.0. The van der Waals surface area contributed by atoms with Gasteiger partial charge in [-0.25, -0.2) is 0 Å². The summed E-state index contributed by atoms with van der Waals surface area (Å²) in [5.41, 5.74) is 3.66. The Bertz CT molecular complexity index is 973. The topological polar surface area (TPSA) is 78.1 Å². The van der Waals surface area contributed by atoms with Gasteiger partial charge < -0.3 is 14.2 Å². The molecule has 2 aromatic heterocycles. The smallest absolute Gasteiger partial charge is 0.254 e. The van der Waals surface area contributed by atoms with Gasteiger partial charge >= 0.3 is 0 Å². The van der Waals surface area contributed by atoms with Crippen molar-refractivity contribution in [3.63, 3.8) is 0 Å². The third-order valence-corrected chi connectivity index (χ3v) is 5.03. The number of carbonyl (C=O) groups excluding carboxylic acids is 1. The Kier molecular flexibility index (Phi) is 4.39. The summed E-state index contributed by atoms with van der Waals surface area (Å²) in [6.45, 7) is 3.99. The van der Waals surface area contributed by atoms with E-state index in [9.17, 15) is 4.79 Å². The van der Waals surface area contributed by atoms with E-state index in [4.69, 9.17) is 4.74 Å². The van der Waals surface area contributed by atoms with E-state index in [1.807, 2.05) is 40.3 Å². The Hall–Kier alpha value is -3.16. The molecule has 0 atom stereocenters. The first kappa shape index (κ1) is 17.3. The molecule has 1 aliphatic rings. The third kappa shape index (κ3) is 2.97. The van der Waals surface area contributed by atoms with Gasteiger partial charge in [-0.2, -0.15) is 5.10 Å². The van der Waals surface area contributed by atoms with Gasteiger partial charge in [0, 0.05) is 43.4 Å². The predicted octanol–water partition coefficient (Wildman–Crippen LogP) is 1.91.